The smallest absolute Gasteiger partial charge is 0.269 e. The van der Waals surface area contributed by atoms with Crippen LogP contribution in [-0.2, 0) is 6.42 Å². The molecule has 0 bridgehead atoms. The fourth-order valence-electron chi connectivity index (χ4n) is 3.02. The van der Waals surface area contributed by atoms with Gasteiger partial charge in [-0.25, -0.2) is 0 Å². The van der Waals surface area contributed by atoms with Crippen LogP contribution in [-0.4, -0.2) is 24.9 Å². The number of non-ortho nitro benzene ring substituents is 1. The van der Waals surface area contributed by atoms with Crippen LogP contribution in [0.25, 0.3) is 6.08 Å². The van der Waals surface area contributed by atoms with Crippen molar-refractivity contribution in [3.05, 3.63) is 67.7 Å². The number of hydrogen-bond donors (Lipinski definition) is 0. The molecule has 1 aliphatic rings. The third-order valence-electron chi connectivity index (χ3n) is 4.34. The number of benzene rings is 2. The summed E-state index contributed by atoms with van der Waals surface area (Å²) in [6, 6.07) is 7.81. The van der Waals surface area contributed by atoms with Crippen molar-refractivity contribution in [3.8, 4) is 11.5 Å². The SMILES string of the molecule is COc1ccc(/C=C2\CCc3cc([N+](=O)[O-])ccc3C2=O)c(Cl)c1OC. The number of hydrogen-bond acceptors (Lipinski definition) is 5. The Labute approximate surface area is 155 Å². The molecule has 0 heterocycles. The van der Waals surface area contributed by atoms with E-state index in [-0.39, 0.29) is 11.5 Å². The fraction of sp³-hybridized carbons (Fsp3) is 0.211. The first-order chi connectivity index (χ1) is 12.5. The van der Waals surface area contributed by atoms with E-state index in [1.807, 2.05) is 0 Å². The van der Waals surface area contributed by atoms with Crippen molar-refractivity contribution in [1.82, 2.24) is 0 Å². The van der Waals surface area contributed by atoms with Crippen molar-refractivity contribution in [1.29, 1.82) is 0 Å². The lowest BCUT2D eigenvalue weighted by Gasteiger charge is -2.18. The molecule has 0 saturated heterocycles. The van der Waals surface area contributed by atoms with Gasteiger partial charge in [-0.05, 0) is 48.2 Å². The zero-order valence-corrected chi connectivity index (χ0v) is 15.0. The summed E-state index contributed by atoms with van der Waals surface area (Å²) in [6.45, 7) is 0. The van der Waals surface area contributed by atoms with Crippen LogP contribution < -0.4 is 9.47 Å². The van der Waals surface area contributed by atoms with Crippen molar-refractivity contribution in [3.63, 3.8) is 0 Å². The Morgan fingerprint density at radius 2 is 1.92 bits per heavy atom. The molecule has 0 aliphatic heterocycles. The number of ketones is 1. The first-order valence-electron chi connectivity index (χ1n) is 7.89. The molecule has 7 heteroatoms. The van der Waals surface area contributed by atoms with Gasteiger partial charge in [0.05, 0.1) is 24.2 Å². The van der Waals surface area contributed by atoms with E-state index in [1.165, 1.54) is 32.4 Å². The maximum atomic E-state index is 12.8. The second-order valence-electron chi connectivity index (χ2n) is 5.80. The molecule has 0 spiro atoms. The molecule has 3 rings (SSSR count). The zero-order valence-electron chi connectivity index (χ0n) is 14.2. The Kier molecular flexibility index (Phi) is 4.95. The van der Waals surface area contributed by atoms with Gasteiger partial charge < -0.3 is 9.47 Å². The van der Waals surface area contributed by atoms with E-state index in [1.54, 1.807) is 18.2 Å². The van der Waals surface area contributed by atoms with E-state index in [0.29, 0.717) is 51.6 Å². The van der Waals surface area contributed by atoms with E-state index >= 15 is 0 Å². The topological polar surface area (TPSA) is 78.7 Å². The van der Waals surface area contributed by atoms with Gasteiger partial charge in [-0.3, -0.25) is 14.9 Å². The monoisotopic (exact) mass is 373 g/mol. The standard InChI is InChI=1S/C19H16ClNO5/c1-25-16-8-5-12(17(20)19(16)26-2)9-13-4-3-11-10-14(21(23)24)6-7-15(11)18(13)22/h5-10H,3-4H2,1-2H3/b13-9+. The number of nitrogens with zero attached hydrogens (tertiary/aromatic N) is 1. The molecular weight excluding hydrogens is 358 g/mol. The van der Waals surface area contributed by atoms with E-state index in [2.05, 4.69) is 0 Å². The molecule has 0 fully saturated rings. The predicted octanol–water partition coefficient (Wildman–Crippen LogP) is 4.48. The number of nitro benzene ring substituents is 1. The second kappa shape index (κ2) is 7.17. The summed E-state index contributed by atoms with van der Waals surface area (Å²) >= 11 is 6.38. The number of carbonyl (C=O) groups is 1. The minimum absolute atomic E-state index is 0.00749. The summed E-state index contributed by atoms with van der Waals surface area (Å²) in [7, 11) is 3.02. The van der Waals surface area contributed by atoms with Gasteiger partial charge in [-0.1, -0.05) is 11.6 Å². The number of fused-ring (bicyclic) bond motifs is 1. The number of methoxy groups -OCH3 is 2. The summed E-state index contributed by atoms with van der Waals surface area (Å²) in [5.74, 6) is 0.766. The van der Waals surface area contributed by atoms with E-state index in [4.69, 9.17) is 21.1 Å². The van der Waals surface area contributed by atoms with Crippen molar-refractivity contribution < 1.29 is 19.2 Å². The molecule has 2 aromatic carbocycles. The van der Waals surface area contributed by atoms with Gasteiger partial charge in [0.1, 0.15) is 0 Å². The second-order valence-corrected chi connectivity index (χ2v) is 6.18. The van der Waals surface area contributed by atoms with Crippen LogP contribution in [0, 0.1) is 10.1 Å². The normalized spacial score (nSPS) is 14.9. The molecule has 0 saturated carbocycles. The molecule has 0 aromatic heterocycles. The highest BCUT2D eigenvalue weighted by Gasteiger charge is 2.24. The van der Waals surface area contributed by atoms with Gasteiger partial charge in [0.15, 0.2) is 17.3 Å². The first-order valence-corrected chi connectivity index (χ1v) is 8.27. The average Bonchev–Trinajstić information content (AvgIpc) is 2.64. The summed E-state index contributed by atoms with van der Waals surface area (Å²) in [4.78, 5) is 23.2. The van der Waals surface area contributed by atoms with Crippen LogP contribution in [0.5, 0.6) is 11.5 Å². The van der Waals surface area contributed by atoms with Crippen molar-refractivity contribution in [2.45, 2.75) is 12.8 Å². The molecule has 2 aromatic rings. The Balaban J connectivity index is 1.99. The maximum absolute atomic E-state index is 12.8. The third-order valence-corrected chi connectivity index (χ3v) is 4.73. The minimum Gasteiger partial charge on any atom is -0.493 e. The van der Waals surface area contributed by atoms with Crippen LogP contribution in [0.2, 0.25) is 5.02 Å². The number of aryl methyl sites for hydroxylation is 1. The minimum atomic E-state index is -0.459. The Morgan fingerprint density at radius 3 is 2.58 bits per heavy atom. The van der Waals surface area contributed by atoms with Gasteiger partial charge in [0, 0.05) is 23.3 Å². The van der Waals surface area contributed by atoms with Crippen LogP contribution in [0.3, 0.4) is 0 Å². The Morgan fingerprint density at radius 1 is 1.15 bits per heavy atom. The zero-order chi connectivity index (χ0) is 18.8. The number of allylic oxidation sites excluding steroid dienone is 1. The number of ether oxygens (including phenoxy) is 2. The number of nitro groups is 1. The lowest BCUT2D eigenvalue weighted by molar-refractivity contribution is -0.384. The van der Waals surface area contributed by atoms with Crippen LogP contribution in [0.1, 0.15) is 27.9 Å². The average molecular weight is 374 g/mol. The molecule has 0 N–H and O–H groups in total. The maximum Gasteiger partial charge on any atom is 0.269 e. The third kappa shape index (κ3) is 3.15. The summed E-state index contributed by atoms with van der Waals surface area (Å²) in [5.41, 5.74) is 2.43. The van der Waals surface area contributed by atoms with Crippen molar-refractivity contribution in [2.75, 3.05) is 14.2 Å². The van der Waals surface area contributed by atoms with Crippen LogP contribution >= 0.6 is 11.6 Å². The molecule has 26 heavy (non-hydrogen) atoms. The summed E-state index contributed by atoms with van der Waals surface area (Å²) in [5, 5.41) is 11.3. The highest BCUT2D eigenvalue weighted by Crippen LogP contribution is 2.39. The molecule has 0 unspecified atom stereocenters. The predicted molar refractivity (Wildman–Crippen MR) is 98.3 cm³/mol. The fourth-order valence-corrected chi connectivity index (χ4v) is 3.31. The van der Waals surface area contributed by atoms with Crippen molar-refractivity contribution >= 4 is 29.1 Å². The summed E-state index contributed by atoms with van der Waals surface area (Å²) in [6.07, 6.45) is 2.77. The quantitative estimate of drug-likeness (QED) is 0.448. The van der Waals surface area contributed by atoms with Gasteiger partial charge in [0.2, 0.25) is 0 Å². The lowest BCUT2D eigenvalue weighted by atomic mass is 9.85. The van der Waals surface area contributed by atoms with Gasteiger partial charge >= 0.3 is 0 Å². The lowest BCUT2D eigenvalue weighted by Crippen LogP contribution is -2.14. The molecule has 0 radical (unpaired) electrons. The molecule has 0 atom stereocenters. The number of Topliss-reactive ketones (excluding diaryl/α,β-unsaturated/α-hetero) is 1. The molecular formula is C19H16ClNO5. The largest absolute Gasteiger partial charge is 0.493 e. The highest BCUT2D eigenvalue weighted by molar-refractivity contribution is 6.34. The summed E-state index contributed by atoms with van der Waals surface area (Å²) < 4.78 is 10.5. The molecule has 0 amide bonds. The molecule has 6 nitrogen and oxygen atoms in total. The van der Waals surface area contributed by atoms with Crippen LogP contribution in [0.4, 0.5) is 5.69 Å². The highest BCUT2D eigenvalue weighted by atomic mass is 35.5. The number of halogens is 1. The number of carbonyl (C=O) groups excluding carboxylic acids is 1. The molecule has 1 aliphatic carbocycles. The Bertz CT molecular complexity index is 936. The van der Waals surface area contributed by atoms with Crippen LogP contribution in [0.15, 0.2) is 35.9 Å². The van der Waals surface area contributed by atoms with Crippen molar-refractivity contribution in [2.24, 2.45) is 0 Å². The van der Waals surface area contributed by atoms with Gasteiger partial charge in [-0.2, -0.15) is 0 Å². The van der Waals surface area contributed by atoms with E-state index in [0.717, 1.165) is 0 Å². The molecule has 134 valence electrons. The van der Waals surface area contributed by atoms with E-state index < -0.39 is 4.92 Å². The van der Waals surface area contributed by atoms with E-state index in [9.17, 15) is 14.9 Å². The number of rotatable bonds is 4. The van der Waals surface area contributed by atoms with Gasteiger partial charge in [-0.15, -0.1) is 0 Å². The van der Waals surface area contributed by atoms with Gasteiger partial charge in [0.25, 0.3) is 5.69 Å². The first kappa shape index (κ1) is 17.9. The Hall–Kier alpha value is -2.86.